The number of aliphatic carboxylic acids is 1. The number of hydrogen-bond donors (Lipinski definition) is 9. The number of unbranched alkanes of at least 4 members (excludes halogenated alkanes) is 1. The number of hydrogen-bond acceptors (Lipinski definition) is 8. The molecule has 0 rings (SSSR count). The highest BCUT2D eigenvalue weighted by Gasteiger charge is 2.31. The first-order valence-corrected chi connectivity index (χ1v) is 12.2. The average molecular weight is 530 g/mol. The van der Waals surface area contributed by atoms with E-state index in [-0.39, 0.29) is 38.2 Å². The Kier molecular flexibility index (Phi) is 16.2. The average Bonchev–Trinajstić information content (AvgIpc) is 2.81. The molecule has 0 spiro atoms. The minimum absolute atomic E-state index is 0.0000920. The molecule has 0 radical (unpaired) electrons. The van der Waals surface area contributed by atoms with Crippen LogP contribution in [-0.4, -0.2) is 77.9 Å². The van der Waals surface area contributed by atoms with Gasteiger partial charge < -0.3 is 49.7 Å². The van der Waals surface area contributed by atoms with Gasteiger partial charge in [0.15, 0.2) is 5.96 Å². The number of nitrogens with one attached hydrogen (secondary N) is 3. The third kappa shape index (κ3) is 14.6. The normalized spacial score (nSPS) is 14.1. The number of nitrogens with zero attached hydrogens (tertiary/aromatic N) is 1. The summed E-state index contributed by atoms with van der Waals surface area (Å²) >= 11 is 0. The number of primary amides is 1. The highest BCUT2D eigenvalue weighted by atomic mass is 16.4. The predicted molar refractivity (Wildman–Crippen MR) is 137 cm³/mol. The van der Waals surface area contributed by atoms with Gasteiger partial charge in [-0.25, -0.2) is 4.79 Å². The zero-order valence-corrected chi connectivity index (χ0v) is 21.6. The van der Waals surface area contributed by atoms with Crippen LogP contribution in [0, 0.1) is 5.92 Å². The van der Waals surface area contributed by atoms with E-state index < -0.39 is 59.7 Å². The zero-order chi connectivity index (χ0) is 28.5. The van der Waals surface area contributed by atoms with Crippen LogP contribution in [0.15, 0.2) is 4.99 Å². The molecule has 0 aromatic carbocycles. The fraction of sp³-hybridized carbons (Fsp3) is 0.727. The number of rotatable bonds is 19. The van der Waals surface area contributed by atoms with Crippen LogP contribution < -0.4 is 44.6 Å². The molecule has 0 saturated heterocycles. The summed E-state index contributed by atoms with van der Waals surface area (Å²) in [4.78, 5) is 65.0. The zero-order valence-electron chi connectivity index (χ0n) is 21.6. The van der Waals surface area contributed by atoms with E-state index in [1.807, 2.05) is 0 Å². The summed E-state index contributed by atoms with van der Waals surface area (Å²) < 4.78 is 0. The Morgan fingerprint density at radius 3 is 1.84 bits per heavy atom. The lowest BCUT2D eigenvalue weighted by Gasteiger charge is -2.26. The molecule has 37 heavy (non-hydrogen) atoms. The second kappa shape index (κ2) is 17.9. The van der Waals surface area contributed by atoms with E-state index in [2.05, 4.69) is 20.9 Å². The molecule has 4 amide bonds. The molecule has 0 saturated carbocycles. The summed E-state index contributed by atoms with van der Waals surface area (Å²) in [5, 5.41) is 17.0. The molecule has 0 heterocycles. The van der Waals surface area contributed by atoms with Gasteiger partial charge in [0.1, 0.15) is 18.1 Å². The fourth-order valence-corrected chi connectivity index (χ4v) is 3.28. The van der Waals surface area contributed by atoms with Crippen LogP contribution in [0.4, 0.5) is 0 Å². The van der Waals surface area contributed by atoms with Gasteiger partial charge in [-0.1, -0.05) is 13.8 Å². The van der Waals surface area contributed by atoms with Crippen molar-refractivity contribution >= 4 is 35.6 Å². The predicted octanol–water partition coefficient (Wildman–Crippen LogP) is -3.04. The van der Waals surface area contributed by atoms with Crippen LogP contribution in [-0.2, 0) is 24.0 Å². The second-order valence-electron chi connectivity index (χ2n) is 9.04. The van der Waals surface area contributed by atoms with E-state index in [9.17, 15) is 29.1 Å². The van der Waals surface area contributed by atoms with Gasteiger partial charge in [-0.2, -0.15) is 0 Å². The van der Waals surface area contributed by atoms with Crippen molar-refractivity contribution < 1.29 is 29.1 Å². The second-order valence-corrected chi connectivity index (χ2v) is 9.04. The number of carbonyl (C=O) groups is 5. The fourth-order valence-electron chi connectivity index (χ4n) is 3.28. The van der Waals surface area contributed by atoms with Crippen molar-refractivity contribution in [3.8, 4) is 0 Å². The number of aliphatic imine (C=N–C) groups is 1. The van der Waals surface area contributed by atoms with Crippen molar-refractivity contribution in [2.24, 2.45) is 39.6 Å². The Labute approximate surface area is 216 Å². The summed E-state index contributed by atoms with van der Waals surface area (Å²) in [6.45, 7) is 3.83. The van der Waals surface area contributed by atoms with Gasteiger partial charge in [0.2, 0.25) is 23.6 Å². The van der Waals surface area contributed by atoms with Crippen LogP contribution in [0.5, 0.6) is 0 Å². The van der Waals surface area contributed by atoms with E-state index in [4.69, 9.17) is 28.7 Å². The Bertz CT molecular complexity index is 802. The molecule has 212 valence electrons. The highest BCUT2D eigenvalue weighted by molar-refractivity contribution is 5.94. The van der Waals surface area contributed by atoms with Gasteiger partial charge in [0.25, 0.3) is 0 Å². The number of carboxylic acid groups (broad SMARTS) is 1. The third-order valence-electron chi connectivity index (χ3n) is 5.43. The third-order valence-corrected chi connectivity index (χ3v) is 5.43. The molecule has 0 fully saturated rings. The first-order chi connectivity index (χ1) is 17.3. The van der Waals surface area contributed by atoms with Crippen LogP contribution in [0.25, 0.3) is 0 Å². The van der Waals surface area contributed by atoms with Crippen LogP contribution in [0.1, 0.15) is 58.8 Å². The van der Waals surface area contributed by atoms with Crippen molar-refractivity contribution in [2.45, 2.75) is 83.0 Å². The van der Waals surface area contributed by atoms with Crippen molar-refractivity contribution in [1.82, 2.24) is 16.0 Å². The molecule has 0 aliphatic heterocycles. The summed E-state index contributed by atoms with van der Waals surface area (Å²) in [7, 11) is 0. The molecule has 15 heteroatoms. The van der Waals surface area contributed by atoms with Crippen molar-refractivity contribution in [1.29, 1.82) is 0 Å². The molecule has 4 atom stereocenters. The quantitative estimate of drug-likeness (QED) is 0.0463. The molecule has 15 nitrogen and oxygen atoms in total. The van der Waals surface area contributed by atoms with E-state index >= 15 is 0 Å². The lowest BCUT2D eigenvalue weighted by atomic mass is 10.0. The van der Waals surface area contributed by atoms with Gasteiger partial charge in [-0.15, -0.1) is 0 Å². The Balaban J connectivity index is 5.62. The lowest BCUT2D eigenvalue weighted by Crippen LogP contribution is -2.57. The molecule has 4 unspecified atom stereocenters. The van der Waals surface area contributed by atoms with Crippen LogP contribution in [0.3, 0.4) is 0 Å². The van der Waals surface area contributed by atoms with Gasteiger partial charge in [-0.05, 0) is 51.0 Å². The van der Waals surface area contributed by atoms with Crippen molar-refractivity contribution in [2.75, 3.05) is 13.1 Å². The maximum Gasteiger partial charge on any atom is 0.326 e. The van der Waals surface area contributed by atoms with Gasteiger partial charge in [0, 0.05) is 13.0 Å². The van der Waals surface area contributed by atoms with Gasteiger partial charge in [-0.3, -0.25) is 24.2 Å². The minimum Gasteiger partial charge on any atom is -0.480 e. The number of guanidine groups is 1. The van der Waals surface area contributed by atoms with Gasteiger partial charge in [0.05, 0.1) is 6.04 Å². The summed E-state index contributed by atoms with van der Waals surface area (Å²) in [5.74, 6) is -4.40. The molecule has 0 aromatic rings. The van der Waals surface area contributed by atoms with Crippen LogP contribution in [0.2, 0.25) is 0 Å². The first kappa shape index (κ1) is 33.5. The van der Waals surface area contributed by atoms with E-state index in [0.29, 0.717) is 25.8 Å². The van der Waals surface area contributed by atoms with E-state index in [1.165, 1.54) is 0 Å². The number of amides is 4. The topological polar surface area (TPSA) is 284 Å². The van der Waals surface area contributed by atoms with Gasteiger partial charge >= 0.3 is 5.97 Å². The Morgan fingerprint density at radius 1 is 0.811 bits per heavy atom. The summed E-state index contributed by atoms with van der Waals surface area (Å²) in [6.07, 6.45) is 1.60. The Hall–Kier alpha value is -3.46. The largest absolute Gasteiger partial charge is 0.480 e. The van der Waals surface area contributed by atoms with Crippen molar-refractivity contribution in [3.63, 3.8) is 0 Å². The summed E-state index contributed by atoms with van der Waals surface area (Å²) in [6, 6.07) is -4.42. The van der Waals surface area contributed by atoms with Crippen LogP contribution >= 0.6 is 0 Å². The molecule has 0 aliphatic carbocycles. The van der Waals surface area contributed by atoms with E-state index in [0.717, 1.165) is 0 Å². The monoisotopic (exact) mass is 529 g/mol. The highest BCUT2D eigenvalue weighted by Crippen LogP contribution is 2.08. The SMILES string of the molecule is CC(C)C(NC(=O)C(CCCN=C(N)N)NC(=O)C(CCCCN)NC(=O)C(N)CCC(N)=O)C(=O)O. The molecule has 14 N–H and O–H groups in total. The van der Waals surface area contributed by atoms with E-state index in [1.54, 1.807) is 13.8 Å². The summed E-state index contributed by atoms with van der Waals surface area (Å²) in [5.41, 5.74) is 27.1. The maximum absolute atomic E-state index is 13.1. The molecular formula is C22H43N9O6. The lowest BCUT2D eigenvalue weighted by molar-refractivity contribution is -0.143. The molecule has 0 aromatic heterocycles. The molecule has 0 bridgehead atoms. The Morgan fingerprint density at radius 2 is 1.35 bits per heavy atom. The maximum atomic E-state index is 13.1. The number of nitrogens with two attached hydrogens (primary N) is 5. The number of carbonyl (C=O) groups excluding carboxylic acids is 4. The minimum atomic E-state index is -1.22. The first-order valence-electron chi connectivity index (χ1n) is 12.2. The smallest absolute Gasteiger partial charge is 0.326 e. The van der Waals surface area contributed by atoms with Crippen molar-refractivity contribution in [3.05, 3.63) is 0 Å². The number of carboxylic acids is 1. The standard InChI is InChI=1S/C22H43N9O6/c1-12(2)17(21(36)37)31-20(35)15(7-5-11-28-22(26)27)30-19(34)14(6-3-4-10-23)29-18(33)13(24)8-9-16(25)32/h12-15,17H,3-11,23-24H2,1-2H3,(H2,25,32)(H,29,33)(H,30,34)(H,31,35)(H,36,37)(H4,26,27,28). The molecular weight excluding hydrogens is 486 g/mol. The molecule has 0 aliphatic rings.